The van der Waals surface area contributed by atoms with Crippen molar-refractivity contribution in [1.29, 1.82) is 0 Å². The smallest absolute Gasteiger partial charge is 0.341 e. The van der Waals surface area contributed by atoms with E-state index in [2.05, 4.69) is 17.2 Å². The maximum atomic E-state index is 12.6. The van der Waals surface area contributed by atoms with Gasteiger partial charge in [-0.2, -0.15) is 4.99 Å². The minimum Gasteiger partial charge on any atom is -0.465 e. The van der Waals surface area contributed by atoms with Gasteiger partial charge in [0, 0.05) is 11.9 Å². The van der Waals surface area contributed by atoms with E-state index in [1.165, 1.54) is 29.8 Å². The molecule has 4 rings (SSSR count). The normalized spacial score (nSPS) is 15.3. The van der Waals surface area contributed by atoms with Crippen LogP contribution in [0, 0.1) is 5.92 Å². The van der Waals surface area contributed by atoms with Crippen molar-refractivity contribution in [2.75, 3.05) is 30.5 Å². The van der Waals surface area contributed by atoms with Crippen molar-refractivity contribution in [2.45, 2.75) is 33.1 Å². The van der Waals surface area contributed by atoms with Crippen LogP contribution < -0.4 is 10.1 Å². The third kappa shape index (κ3) is 6.19. The molecule has 202 valence electrons. The van der Waals surface area contributed by atoms with Gasteiger partial charge >= 0.3 is 11.9 Å². The highest BCUT2D eigenvalue weighted by atomic mass is 32.2. The number of thiophene rings is 1. The third-order valence-corrected chi connectivity index (χ3v) is 9.34. The fraction of sp³-hybridized carbons (Fsp3) is 0.423. The van der Waals surface area contributed by atoms with E-state index >= 15 is 0 Å². The van der Waals surface area contributed by atoms with Gasteiger partial charge in [-0.25, -0.2) is 9.59 Å². The molecule has 1 atom stereocenters. The Labute approximate surface area is 232 Å². The fourth-order valence-electron chi connectivity index (χ4n) is 4.27. The molecule has 1 aromatic carbocycles. The predicted octanol–water partition coefficient (Wildman–Crippen LogP) is 4.19. The molecule has 0 bridgehead atoms. The van der Waals surface area contributed by atoms with E-state index in [-0.39, 0.29) is 23.3 Å². The number of carbonyl (C=O) groups is 4. The van der Waals surface area contributed by atoms with Crippen molar-refractivity contribution in [3.05, 3.63) is 44.6 Å². The van der Waals surface area contributed by atoms with E-state index in [1.807, 2.05) is 0 Å². The van der Waals surface area contributed by atoms with Gasteiger partial charge < -0.3 is 19.4 Å². The number of aryl methyl sites for hydroxylation is 1. The highest BCUT2D eigenvalue weighted by molar-refractivity contribution is 8.00. The van der Waals surface area contributed by atoms with Gasteiger partial charge in [0.25, 0.3) is 5.91 Å². The van der Waals surface area contributed by atoms with Crippen molar-refractivity contribution in [3.63, 3.8) is 0 Å². The van der Waals surface area contributed by atoms with Crippen LogP contribution >= 0.6 is 34.4 Å². The van der Waals surface area contributed by atoms with Crippen molar-refractivity contribution in [3.8, 4) is 0 Å². The minimum atomic E-state index is -0.445. The molecule has 0 fully saturated rings. The van der Waals surface area contributed by atoms with Gasteiger partial charge in [0.1, 0.15) is 5.00 Å². The maximum absolute atomic E-state index is 12.6. The van der Waals surface area contributed by atoms with E-state index in [4.69, 9.17) is 9.47 Å². The van der Waals surface area contributed by atoms with E-state index in [1.54, 1.807) is 36.7 Å². The summed E-state index contributed by atoms with van der Waals surface area (Å²) in [5, 5.41) is 3.36. The molecule has 2 amide bonds. The lowest BCUT2D eigenvalue weighted by Crippen LogP contribution is -2.18. The molecule has 0 spiro atoms. The van der Waals surface area contributed by atoms with E-state index < -0.39 is 11.9 Å². The lowest BCUT2D eigenvalue weighted by atomic mass is 9.88. The van der Waals surface area contributed by atoms with Gasteiger partial charge in [0.15, 0.2) is 4.80 Å². The molecule has 1 aliphatic carbocycles. The number of aromatic nitrogens is 1. The first kappa shape index (κ1) is 28.1. The molecule has 2 aromatic heterocycles. The Balaban J connectivity index is 1.39. The van der Waals surface area contributed by atoms with Crippen LogP contribution in [0.25, 0.3) is 10.2 Å². The Morgan fingerprint density at radius 3 is 2.71 bits per heavy atom. The second-order valence-corrected chi connectivity index (χ2v) is 12.0. The Hall–Kier alpha value is -2.96. The number of rotatable bonds is 8. The van der Waals surface area contributed by atoms with Crippen LogP contribution in [0.5, 0.6) is 0 Å². The highest BCUT2D eigenvalue weighted by Crippen LogP contribution is 2.40. The second kappa shape index (κ2) is 12.3. The zero-order valence-corrected chi connectivity index (χ0v) is 24.1. The molecule has 38 heavy (non-hydrogen) atoms. The number of hydrogen-bond acceptors (Lipinski definition) is 9. The van der Waals surface area contributed by atoms with Gasteiger partial charge in [-0.1, -0.05) is 18.3 Å². The van der Waals surface area contributed by atoms with Gasteiger partial charge in [-0.05, 0) is 55.9 Å². The number of anilines is 1. The summed E-state index contributed by atoms with van der Waals surface area (Å²) >= 11 is 3.89. The van der Waals surface area contributed by atoms with Gasteiger partial charge in [0.2, 0.25) is 5.91 Å². The third-order valence-electron chi connectivity index (χ3n) is 6.15. The molecule has 1 aliphatic rings. The molecular weight excluding hydrogens is 547 g/mol. The van der Waals surface area contributed by atoms with Crippen LogP contribution in [0.15, 0.2) is 23.2 Å². The summed E-state index contributed by atoms with van der Waals surface area (Å²) in [6.45, 7) is 4.22. The monoisotopic (exact) mass is 575 g/mol. The maximum Gasteiger partial charge on any atom is 0.341 e. The molecule has 0 saturated heterocycles. The van der Waals surface area contributed by atoms with Crippen LogP contribution in [0.2, 0.25) is 0 Å². The summed E-state index contributed by atoms with van der Waals surface area (Å²) in [5.41, 5.74) is 2.71. The molecule has 0 radical (unpaired) electrons. The first-order valence-electron chi connectivity index (χ1n) is 12.2. The van der Waals surface area contributed by atoms with E-state index in [0.717, 1.165) is 51.7 Å². The number of benzene rings is 1. The SMILES string of the molecule is CCOC(=O)c1ccc2c(c1)sc(=NC(=O)CSCC(=O)Nc1sc3c(c1C(=O)OC)CCC(C)C3)n2C. The van der Waals surface area contributed by atoms with Gasteiger partial charge in [0.05, 0.1) is 46.6 Å². The van der Waals surface area contributed by atoms with Crippen LogP contribution in [0.4, 0.5) is 5.00 Å². The van der Waals surface area contributed by atoms with Crippen molar-refractivity contribution >= 4 is 73.4 Å². The summed E-state index contributed by atoms with van der Waals surface area (Å²) in [6, 6.07) is 5.21. The fourth-order valence-corrected chi connectivity index (χ4v) is 7.36. The second-order valence-electron chi connectivity index (χ2n) is 8.94. The Morgan fingerprint density at radius 1 is 1.18 bits per heavy atom. The van der Waals surface area contributed by atoms with Crippen LogP contribution in [0.3, 0.4) is 0 Å². The molecule has 1 N–H and O–H groups in total. The molecule has 9 nitrogen and oxygen atoms in total. The average Bonchev–Trinajstić information content (AvgIpc) is 3.39. The number of hydrogen-bond donors (Lipinski definition) is 1. The molecule has 2 heterocycles. The quantitative estimate of drug-likeness (QED) is 0.401. The molecule has 1 unspecified atom stereocenters. The zero-order chi connectivity index (χ0) is 27.4. The number of esters is 2. The number of ether oxygens (including phenoxy) is 2. The minimum absolute atomic E-state index is 0.0258. The zero-order valence-electron chi connectivity index (χ0n) is 21.6. The number of nitrogens with zero attached hydrogens (tertiary/aromatic N) is 2. The number of nitrogens with one attached hydrogen (secondary N) is 1. The molecular formula is C26H29N3O6S3. The summed E-state index contributed by atoms with van der Waals surface area (Å²) in [7, 11) is 3.14. The molecule has 3 aromatic rings. The molecule has 0 saturated carbocycles. The van der Waals surface area contributed by atoms with E-state index in [0.29, 0.717) is 33.5 Å². The first-order valence-corrected chi connectivity index (χ1v) is 14.9. The average molecular weight is 576 g/mol. The number of thioether (sulfide) groups is 1. The molecule has 0 aliphatic heterocycles. The number of thiazole rings is 1. The summed E-state index contributed by atoms with van der Waals surface area (Å²) in [6.07, 6.45) is 2.66. The topological polar surface area (TPSA) is 116 Å². The van der Waals surface area contributed by atoms with Crippen LogP contribution in [-0.4, -0.2) is 53.5 Å². The molecule has 12 heteroatoms. The van der Waals surface area contributed by atoms with Gasteiger partial charge in [-0.15, -0.1) is 23.1 Å². The Morgan fingerprint density at radius 2 is 1.97 bits per heavy atom. The van der Waals surface area contributed by atoms with Crippen molar-refractivity contribution < 1.29 is 28.7 Å². The summed E-state index contributed by atoms with van der Waals surface area (Å²) in [4.78, 5) is 55.4. The van der Waals surface area contributed by atoms with Crippen LogP contribution in [0.1, 0.15) is 51.4 Å². The van der Waals surface area contributed by atoms with Crippen molar-refractivity contribution in [1.82, 2.24) is 4.57 Å². The highest BCUT2D eigenvalue weighted by Gasteiger charge is 2.28. The Kier molecular flexibility index (Phi) is 9.06. The lowest BCUT2D eigenvalue weighted by molar-refractivity contribution is -0.115. The van der Waals surface area contributed by atoms with Crippen molar-refractivity contribution in [2.24, 2.45) is 18.0 Å². The van der Waals surface area contributed by atoms with E-state index in [9.17, 15) is 19.2 Å². The van der Waals surface area contributed by atoms with Gasteiger partial charge in [-0.3, -0.25) is 9.59 Å². The largest absolute Gasteiger partial charge is 0.465 e. The lowest BCUT2D eigenvalue weighted by Gasteiger charge is -2.18. The number of methoxy groups -OCH3 is 1. The standard InChI is InChI=1S/C26H29N3O6S3/c1-5-35-24(32)15-7-9-17-19(11-15)38-26(29(17)3)28-21(31)13-36-12-20(30)27-23-22(25(33)34-4)16-8-6-14(2)10-18(16)37-23/h7,9,11,14H,5-6,8,10,12-13H2,1-4H3,(H,27,30). The number of amides is 2. The number of carbonyl (C=O) groups excluding carboxylic acids is 4. The number of fused-ring (bicyclic) bond motifs is 2. The summed E-state index contributed by atoms with van der Waals surface area (Å²) < 4.78 is 12.6. The summed E-state index contributed by atoms with van der Waals surface area (Å²) in [5.74, 6) is -0.904. The predicted molar refractivity (Wildman–Crippen MR) is 150 cm³/mol. The van der Waals surface area contributed by atoms with Crippen LogP contribution in [-0.2, 0) is 39.0 Å². The first-order chi connectivity index (χ1) is 18.2. The Bertz CT molecular complexity index is 1470.